The van der Waals surface area contributed by atoms with Crippen molar-refractivity contribution in [3.63, 3.8) is 0 Å². The maximum Gasteiger partial charge on any atom is 0.416 e. The molecule has 2 heterocycles. The van der Waals surface area contributed by atoms with Crippen LogP contribution < -0.4 is 5.32 Å². The third-order valence-corrected chi connectivity index (χ3v) is 4.20. The number of hydrogen-bond acceptors (Lipinski definition) is 5. The van der Waals surface area contributed by atoms with Crippen molar-refractivity contribution in [1.29, 1.82) is 0 Å². The summed E-state index contributed by atoms with van der Waals surface area (Å²) >= 11 is 0. The van der Waals surface area contributed by atoms with Crippen molar-refractivity contribution in [2.24, 2.45) is 0 Å². The Morgan fingerprint density at radius 1 is 1.17 bits per heavy atom. The summed E-state index contributed by atoms with van der Waals surface area (Å²) in [6.07, 6.45) is 1.13. The number of nitrogens with zero attached hydrogens (tertiary/aromatic N) is 5. The van der Waals surface area contributed by atoms with Crippen LogP contribution >= 0.6 is 0 Å². The van der Waals surface area contributed by atoms with E-state index in [9.17, 15) is 18.0 Å². The highest BCUT2D eigenvalue weighted by atomic mass is 19.4. The zero-order chi connectivity index (χ0) is 21.9. The van der Waals surface area contributed by atoms with Gasteiger partial charge in [-0.25, -0.2) is 19.6 Å². The third-order valence-electron chi connectivity index (χ3n) is 4.20. The van der Waals surface area contributed by atoms with E-state index >= 15 is 0 Å². The molecule has 2 aromatic heterocycles. The molecule has 156 valence electrons. The maximum absolute atomic E-state index is 13.0. The second-order valence-corrected chi connectivity index (χ2v) is 6.70. The first-order chi connectivity index (χ1) is 14.1. The van der Waals surface area contributed by atoms with Crippen molar-refractivity contribution in [2.45, 2.75) is 33.5 Å². The maximum atomic E-state index is 13.0. The van der Waals surface area contributed by atoms with Crippen LogP contribution in [-0.4, -0.2) is 30.6 Å². The van der Waals surface area contributed by atoms with Gasteiger partial charge in [0.1, 0.15) is 12.2 Å². The van der Waals surface area contributed by atoms with Gasteiger partial charge in [0, 0.05) is 41.8 Å². The van der Waals surface area contributed by atoms with E-state index in [1.807, 2.05) is 6.92 Å². The molecule has 0 aliphatic heterocycles. The Morgan fingerprint density at radius 2 is 1.93 bits per heavy atom. The summed E-state index contributed by atoms with van der Waals surface area (Å²) in [6, 6.07) is 3.62. The fraction of sp³-hybridized carbons (Fsp3) is 0.250. The Morgan fingerprint density at radius 3 is 2.63 bits per heavy atom. The first kappa shape index (κ1) is 21.2. The van der Waals surface area contributed by atoms with E-state index in [0.29, 0.717) is 11.4 Å². The highest BCUT2D eigenvalue weighted by Gasteiger charge is 2.31. The normalized spacial score (nSPS) is 11.8. The molecule has 0 radical (unpaired) electrons. The van der Waals surface area contributed by atoms with Gasteiger partial charge >= 0.3 is 6.18 Å². The predicted octanol–water partition coefficient (Wildman–Crippen LogP) is 3.47. The summed E-state index contributed by atoms with van der Waals surface area (Å²) in [5, 5.41) is 6.82. The van der Waals surface area contributed by atoms with Gasteiger partial charge in [0.05, 0.1) is 5.56 Å². The van der Waals surface area contributed by atoms with Crippen molar-refractivity contribution in [1.82, 2.24) is 30.0 Å². The molecule has 0 unspecified atom stereocenters. The summed E-state index contributed by atoms with van der Waals surface area (Å²) in [5.74, 6) is 0.407. The number of carbonyl (C=O) groups is 1. The van der Waals surface area contributed by atoms with E-state index < -0.39 is 11.7 Å². The van der Waals surface area contributed by atoms with Gasteiger partial charge in [-0.3, -0.25) is 4.79 Å². The summed E-state index contributed by atoms with van der Waals surface area (Å²) in [7, 11) is 0. The van der Waals surface area contributed by atoms with Gasteiger partial charge in [-0.05, 0) is 44.5 Å². The van der Waals surface area contributed by atoms with Crippen LogP contribution in [0, 0.1) is 20.8 Å². The van der Waals surface area contributed by atoms with Gasteiger partial charge in [0.15, 0.2) is 5.82 Å². The molecular weight excluding hydrogens is 397 g/mol. The molecule has 30 heavy (non-hydrogen) atoms. The van der Waals surface area contributed by atoms with Gasteiger partial charge in [-0.1, -0.05) is 0 Å². The third kappa shape index (κ3) is 5.28. The Kier molecular flexibility index (Phi) is 5.95. The number of amides is 1. The van der Waals surface area contributed by atoms with Gasteiger partial charge in [0.2, 0.25) is 5.91 Å². The largest absolute Gasteiger partial charge is 0.416 e. The first-order valence-electron chi connectivity index (χ1n) is 8.97. The standard InChI is InChI=1S/C20H19F3N6O/c1-12-6-15(8-17(7-12)20(21,22)23)19-26-11-29(28-19)5-4-18(30)25-10-16-9-24-14(3)27-13(16)2/h4-9,11H,10H2,1-3H3,(H,25,30)/b5-4-. The fourth-order valence-electron chi connectivity index (χ4n) is 2.72. The van der Waals surface area contributed by atoms with Gasteiger partial charge in [-0.2, -0.15) is 13.2 Å². The molecule has 10 heteroatoms. The SMILES string of the molecule is Cc1cc(-c2ncn(/C=C\C(=O)NCc3cnc(C)nc3C)n2)cc(C(F)(F)F)c1. The van der Waals surface area contributed by atoms with Crippen molar-refractivity contribution in [2.75, 3.05) is 0 Å². The molecule has 0 saturated heterocycles. The number of halogens is 3. The topological polar surface area (TPSA) is 85.6 Å². The lowest BCUT2D eigenvalue weighted by molar-refractivity contribution is -0.137. The number of alkyl halides is 3. The van der Waals surface area contributed by atoms with Crippen LogP contribution in [0.1, 0.15) is 28.2 Å². The van der Waals surface area contributed by atoms with E-state index in [1.165, 1.54) is 23.3 Å². The molecule has 1 aromatic carbocycles. The minimum Gasteiger partial charge on any atom is -0.348 e. The Labute approximate surface area is 170 Å². The number of aryl methyl sites for hydroxylation is 3. The van der Waals surface area contributed by atoms with E-state index in [-0.39, 0.29) is 23.8 Å². The summed E-state index contributed by atoms with van der Waals surface area (Å²) in [6.45, 7) is 5.45. The highest BCUT2D eigenvalue weighted by molar-refractivity contribution is 5.89. The predicted molar refractivity (Wildman–Crippen MR) is 104 cm³/mol. The van der Waals surface area contributed by atoms with Crippen LogP contribution in [0.2, 0.25) is 0 Å². The summed E-state index contributed by atoms with van der Waals surface area (Å²) in [4.78, 5) is 24.4. The zero-order valence-electron chi connectivity index (χ0n) is 16.5. The van der Waals surface area contributed by atoms with Crippen LogP contribution in [0.15, 0.2) is 36.8 Å². The van der Waals surface area contributed by atoms with Crippen LogP contribution in [0.25, 0.3) is 17.6 Å². The van der Waals surface area contributed by atoms with Crippen molar-refractivity contribution >= 4 is 12.1 Å². The molecule has 1 N–H and O–H groups in total. The van der Waals surface area contributed by atoms with Crippen LogP contribution in [0.5, 0.6) is 0 Å². The molecule has 0 fully saturated rings. The van der Waals surface area contributed by atoms with Crippen molar-refractivity contribution in [3.8, 4) is 11.4 Å². The molecule has 7 nitrogen and oxygen atoms in total. The summed E-state index contributed by atoms with van der Waals surface area (Å²) < 4.78 is 40.3. The Bertz CT molecular complexity index is 1100. The Hall–Kier alpha value is -3.56. The quantitative estimate of drug-likeness (QED) is 0.644. The van der Waals surface area contributed by atoms with Gasteiger partial charge in [-0.15, -0.1) is 5.10 Å². The number of benzene rings is 1. The fourth-order valence-corrected chi connectivity index (χ4v) is 2.72. The minimum atomic E-state index is -4.46. The Balaban J connectivity index is 1.67. The number of aromatic nitrogens is 5. The second kappa shape index (κ2) is 8.44. The average molecular weight is 416 g/mol. The summed E-state index contributed by atoms with van der Waals surface area (Å²) in [5.41, 5.74) is 1.50. The first-order valence-corrected chi connectivity index (χ1v) is 8.97. The molecule has 0 saturated carbocycles. The lowest BCUT2D eigenvalue weighted by atomic mass is 10.1. The molecule has 3 rings (SSSR count). The molecule has 0 bridgehead atoms. The lowest BCUT2D eigenvalue weighted by Crippen LogP contribution is -2.21. The smallest absolute Gasteiger partial charge is 0.348 e. The monoisotopic (exact) mass is 416 g/mol. The van der Waals surface area contributed by atoms with Crippen LogP contribution in [-0.2, 0) is 17.5 Å². The van der Waals surface area contributed by atoms with Crippen molar-refractivity contribution in [3.05, 3.63) is 65.0 Å². The van der Waals surface area contributed by atoms with E-state index in [4.69, 9.17) is 0 Å². The second-order valence-electron chi connectivity index (χ2n) is 6.70. The average Bonchev–Trinajstić information content (AvgIpc) is 3.13. The van der Waals surface area contributed by atoms with Crippen LogP contribution in [0.3, 0.4) is 0 Å². The molecule has 0 spiro atoms. The van der Waals surface area contributed by atoms with E-state index in [0.717, 1.165) is 23.4 Å². The van der Waals surface area contributed by atoms with E-state index in [1.54, 1.807) is 26.1 Å². The van der Waals surface area contributed by atoms with Gasteiger partial charge in [0.25, 0.3) is 0 Å². The van der Waals surface area contributed by atoms with Crippen molar-refractivity contribution < 1.29 is 18.0 Å². The molecule has 1 amide bonds. The zero-order valence-corrected chi connectivity index (χ0v) is 16.5. The molecule has 0 atom stereocenters. The molecule has 0 aliphatic rings. The lowest BCUT2D eigenvalue weighted by Gasteiger charge is -2.09. The van der Waals surface area contributed by atoms with E-state index in [2.05, 4.69) is 25.4 Å². The number of nitrogens with one attached hydrogen (secondary N) is 1. The minimum absolute atomic E-state index is 0.127. The van der Waals surface area contributed by atoms with Gasteiger partial charge < -0.3 is 5.32 Å². The molecular formula is C20H19F3N6O. The number of rotatable bonds is 5. The highest BCUT2D eigenvalue weighted by Crippen LogP contribution is 2.32. The molecule has 3 aromatic rings. The van der Waals surface area contributed by atoms with Crippen LogP contribution in [0.4, 0.5) is 13.2 Å². The number of hydrogen-bond donors (Lipinski definition) is 1. The number of carbonyl (C=O) groups excluding carboxylic acids is 1. The molecule has 0 aliphatic carbocycles.